The fourth-order valence-corrected chi connectivity index (χ4v) is 2.29. The lowest BCUT2D eigenvalue weighted by molar-refractivity contribution is 0.452. The summed E-state index contributed by atoms with van der Waals surface area (Å²) in [5.41, 5.74) is 2.20. The minimum Gasteiger partial charge on any atom is -0.508 e. The molecule has 0 spiro atoms. The number of allylic oxidation sites excluding steroid dienone is 1. The molecule has 2 N–H and O–H groups in total. The molecule has 2 nitrogen and oxygen atoms in total. The first-order valence-electron chi connectivity index (χ1n) is 7.76. The van der Waals surface area contributed by atoms with Crippen LogP contribution < -0.4 is 0 Å². The van der Waals surface area contributed by atoms with Crippen LogP contribution in [-0.4, -0.2) is 10.2 Å². The predicted octanol–water partition coefficient (Wildman–Crippen LogP) is 5.48. The zero-order valence-electron chi connectivity index (χ0n) is 13.1. The van der Waals surface area contributed by atoms with Crippen LogP contribution in [-0.2, 0) is 0 Å². The first-order chi connectivity index (χ1) is 9.57. The molecule has 1 aromatic carbocycles. The summed E-state index contributed by atoms with van der Waals surface area (Å²) >= 11 is 0. The largest absolute Gasteiger partial charge is 0.508 e. The van der Waals surface area contributed by atoms with Gasteiger partial charge in [0.1, 0.15) is 11.5 Å². The summed E-state index contributed by atoms with van der Waals surface area (Å²) in [4.78, 5) is 0. The van der Waals surface area contributed by atoms with Gasteiger partial charge in [-0.05, 0) is 43.9 Å². The van der Waals surface area contributed by atoms with Crippen molar-refractivity contribution in [2.24, 2.45) is 0 Å². The van der Waals surface area contributed by atoms with E-state index in [1.807, 2.05) is 19.9 Å². The molecule has 0 fully saturated rings. The topological polar surface area (TPSA) is 40.5 Å². The first kappa shape index (κ1) is 16.6. The Bertz CT molecular complexity index is 447. The van der Waals surface area contributed by atoms with Crippen LogP contribution in [0.3, 0.4) is 0 Å². The molecule has 0 saturated heterocycles. The van der Waals surface area contributed by atoms with Crippen molar-refractivity contribution in [2.45, 2.75) is 65.7 Å². The number of unbranched alkanes of at least 4 members (excludes halogenated alkanes) is 6. The van der Waals surface area contributed by atoms with E-state index < -0.39 is 0 Å². The lowest BCUT2D eigenvalue weighted by Crippen LogP contribution is -1.86. The van der Waals surface area contributed by atoms with Gasteiger partial charge in [-0.3, -0.25) is 0 Å². The molecule has 0 saturated carbocycles. The molecule has 0 bridgehead atoms. The monoisotopic (exact) mass is 276 g/mol. The van der Waals surface area contributed by atoms with Crippen molar-refractivity contribution in [3.63, 3.8) is 0 Å². The Morgan fingerprint density at radius 3 is 2.30 bits per heavy atom. The van der Waals surface area contributed by atoms with Crippen molar-refractivity contribution < 1.29 is 10.2 Å². The third kappa shape index (κ3) is 4.92. The van der Waals surface area contributed by atoms with Gasteiger partial charge in [-0.2, -0.15) is 0 Å². The predicted molar refractivity (Wildman–Crippen MR) is 86.3 cm³/mol. The van der Waals surface area contributed by atoms with Crippen molar-refractivity contribution in [1.29, 1.82) is 0 Å². The Labute approximate surface area is 123 Å². The Balaban J connectivity index is 2.43. The summed E-state index contributed by atoms with van der Waals surface area (Å²) in [5.74, 6) is 0.527. The van der Waals surface area contributed by atoms with Crippen LogP contribution in [0.25, 0.3) is 6.08 Å². The van der Waals surface area contributed by atoms with E-state index in [0.717, 1.165) is 17.5 Å². The molecule has 2 heteroatoms. The molecule has 0 heterocycles. The molecule has 20 heavy (non-hydrogen) atoms. The second-order valence-corrected chi connectivity index (χ2v) is 5.54. The lowest BCUT2D eigenvalue weighted by Gasteiger charge is -2.09. The van der Waals surface area contributed by atoms with Gasteiger partial charge in [0.2, 0.25) is 0 Å². The van der Waals surface area contributed by atoms with Crippen LogP contribution in [0.1, 0.15) is 68.6 Å². The molecule has 1 aromatic rings. The third-order valence-electron chi connectivity index (χ3n) is 3.89. The molecule has 0 radical (unpaired) electrons. The highest BCUT2D eigenvalue weighted by atomic mass is 16.3. The fraction of sp³-hybridized carbons (Fsp3) is 0.556. The summed E-state index contributed by atoms with van der Waals surface area (Å²) in [6.45, 7) is 5.87. The molecular weight excluding hydrogens is 248 g/mol. The highest BCUT2D eigenvalue weighted by Crippen LogP contribution is 2.32. The van der Waals surface area contributed by atoms with E-state index in [-0.39, 0.29) is 11.5 Å². The highest BCUT2D eigenvalue weighted by molar-refractivity contribution is 5.64. The second kappa shape index (κ2) is 8.68. The number of phenols is 2. The van der Waals surface area contributed by atoms with Crippen molar-refractivity contribution in [3.05, 3.63) is 28.8 Å². The second-order valence-electron chi connectivity index (χ2n) is 5.54. The molecule has 0 aliphatic heterocycles. The minimum atomic E-state index is 0.250. The molecule has 0 aromatic heterocycles. The van der Waals surface area contributed by atoms with Gasteiger partial charge >= 0.3 is 0 Å². The Kier molecular flexibility index (Phi) is 7.21. The summed E-state index contributed by atoms with van der Waals surface area (Å²) in [5, 5.41) is 19.8. The molecule has 0 atom stereocenters. The molecule has 0 aliphatic rings. The zero-order valence-corrected chi connectivity index (χ0v) is 13.1. The number of aromatic hydroxyl groups is 2. The van der Waals surface area contributed by atoms with Gasteiger partial charge in [0.15, 0.2) is 0 Å². The molecule has 0 aliphatic carbocycles. The summed E-state index contributed by atoms with van der Waals surface area (Å²) < 4.78 is 0. The van der Waals surface area contributed by atoms with Gasteiger partial charge in [0, 0.05) is 5.56 Å². The first-order valence-corrected chi connectivity index (χ1v) is 7.76. The van der Waals surface area contributed by atoms with Crippen molar-refractivity contribution in [2.75, 3.05) is 0 Å². The maximum atomic E-state index is 10.0. The highest BCUT2D eigenvalue weighted by Gasteiger charge is 2.08. The molecular formula is C18H28O2. The normalized spacial score (nSPS) is 11.3. The number of rotatable bonds is 8. The van der Waals surface area contributed by atoms with Crippen molar-refractivity contribution >= 4 is 6.08 Å². The van der Waals surface area contributed by atoms with Gasteiger partial charge in [-0.25, -0.2) is 0 Å². The standard InChI is InChI=1S/C18H28O2/c1-4-5-6-7-8-9-10-11-12-16-13-17(19)14(2)15(3)18(16)20/h11-13,19-20H,4-10H2,1-3H3. The van der Waals surface area contributed by atoms with E-state index in [1.54, 1.807) is 6.07 Å². The van der Waals surface area contributed by atoms with E-state index in [2.05, 4.69) is 13.0 Å². The number of phenolic OH excluding ortho intramolecular Hbond substituents is 2. The molecule has 112 valence electrons. The van der Waals surface area contributed by atoms with E-state index in [0.29, 0.717) is 5.56 Å². The Morgan fingerprint density at radius 1 is 0.950 bits per heavy atom. The summed E-state index contributed by atoms with van der Waals surface area (Å²) in [7, 11) is 0. The number of hydrogen-bond donors (Lipinski definition) is 2. The smallest absolute Gasteiger partial charge is 0.126 e. The average molecular weight is 276 g/mol. The summed E-state index contributed by atoms with van der Waals surface area (Å²) in [6, 6.07) is 1.63. The number of benzene rings is 1. The van der Waals surface area contributed by atoms with Gasteiger partial charge in [-0.1, -0.05) is 51.2 Å². The molecule has 0 unspecified atom stereocenters. The molecule has 1 rings (SSSR count). The van der Waals surface area contributed by atoms with E-state index in [4.69, 9.17) is 0 Å². The van der Waals surface area contributed by atoms with Crippen molar-refractivity contribution in [1.82, 2.24) is 0 Å². The third-order valence-corrected chi connectivity index (χ3v) is 3.89. The fourth-order valence-electron chi connectivity index (χ4n) is 2.29. The van der Waals surface area contributed by atoms with Gasteiger partial charge in [0.25, 0.3) is 0 Å². The van der Waals surface area contributed by atoms with Gasteiger partial charge in [-0.15, -0.1) is 0 Å². The van der Waals surface area contributed by atoms with Crippen LogP contribution in [0, 0.1) is 13.8 Å². The van der Waals surface area contributed by atoms with Gasteiger partial charge in [0.05, 0.1) is 0 Å². The zero-order chi connectivity index (χ0) is 15.0. The Hall–Kier alpha value is -1.44. The van der Waals surface area contributed by atoms with Crippen LogP contribution in [0.4, 0.5) is 0 Å². The summed E-state index contributed by atoms with van der Waals surface area (Å²) in [6.07, 6.45) is 12.8. The van der Waals surface area contributed by atoms with Crippen LogP contribution in [0.2, 0.25) is 0 Å². The van der Waals surface area contributed by atoms with E-state index in [1.165, 1.54) is 38.5 Å². The minimum absolute atomic E-state index is 0.250. The quantitative estimate of drug-likeness (QED) is 0.487. The van der Waals surface area contributed by atoms with Crippen LogP contribution in [0.15, 0.2) is 12.1 Å². The number of hydrogen-bond acceptors (Lipinski definition) is 2. The van der Waals surface area contributed by atoms with Crippen LogP contribution in [0.5, 0.6) is 11.5 Å². The maximum Gasteiger partial charge on any atom is 0.126 e. The average Bonchev–Trinajstić information content (AvgIpc) is 2.44. The lowest BCUT2D eigenvalue weighted by atomic mass is 10.0. The molecule has 0 amide bonds. The Morgan fingerprint density at radius 2 is 1.60 bits per heavy atom. The van der Waals surface area contributed by atoms with Crippen molar-refractivity contribution in [3.8, 4) is 11.5 Å². The van der Waals surface area contributed by atoms with E-state index >= 15 is 0 Å². The maximum absolute atomic E-state index is 10.0. The SMILES string of the molecule is CCCCCCCCC=Cc1cc(O)c(C)c(C)c1O. The van der Waals surface area contributed by atoms with Crippen LogP contribution >= 0.6 is 0 Å². The van der Waals surface area contributed by atoms with E-state index in [9.17, 15) is 10.2 Å². The van der Waals surface area contributed by atoms with Gasteiger partial charge < -0.3 is 10.2 Å².